The van der Waals surface area contributed by atoms with Crippen molar-refractivity contribution >= 4 is 15.9 Å². The molecular weight excluding hydrogens is 253 g/mol. The standard InChI is InChI=1S/C9H5BrFNO2/c10-8-5-13-9(12-8)14-7-3-1-6(11)2-4-7/h1-5H. The van der Waals surface area contributed by atoms with Crippen LogP contribution in [0.2, 0.25) is 0 Å². The molecule has 0 N–H and O–H groups in total. The molecule has 0 spiro atoms. The molecule has 1 aromatic heterocycles. The van der Waals surface area contributed by atoms with Crippen LogP contribution in [0.25, 0.3) is 0 Å². The Balaban J connectivity index is 2.15. The summed E-state index contributed by atoms with van der Waals surface area (Å²) in [6, 6.07) is 5.58. The molecule has 0 amide bonds. The summed E-state index contributed by atoms with van der Waals surface area (Å²) in [5, 5.41) is 0. The molecular formula is C9H5BrFNO2. The number of hydrogen-bond acceptors (Lipinski definition) is 3. The number of aromatic nitrogens is 1. The molecule has 14 heavy (non-hydrogen) atoms. The van der Waals surface area contributed by atoms with E-state index in [1.165, 1.54) is 30.5 Å². The van der Waals surface area contributed by atoms with Gasteiger partial charge in [-0.1, -0.05) is 0 Å². The average molecular weight is 258 g/mol. The first-order valence-corrected chi connectivity index (χ1v) is 4.58. The second-order valence-electron chi connectivity index (χ2n) is 2.49. The van der Waals surface area contributed by atoms with Crippen LogP contribution < -0.4 is 4.74 Å². The maximum atomic E-state index is 12.5. The van der Waals surface area contributed by atoms with Gasteiger partial charge in [-0.15, -0.1) is 0 Å². The van der Waals surface area contributed by atoms with Crippen molar-refractivity contribution in [1.82, 2.24) is 4.98 Å². The van der Waals surface area contributed by atoms with Crippen LogP contribution in [0.3, 0.4) is 0 Å². The van der Waals surface area contributed by atoms with E-state index >= 15 is 0 Å². The highest BCUT2D eigenvalue weighted by molar-refractivity contribution is 9.10. The molecule has 3 nitrogen and oxygen atoms in total. The number of hydrogen-bond donors (Lipinski definition) is 0. The van der Waals surface area contributed by atoms with Crippen molar-refractivity contribution in [2.45, 2.75) is 0 Å². The van der Waals surface area contributed by atoms with E-state index in [0.29, 0.717) is 10.4 Å². The monoisotopic (exact) mass is 257 g/mol. The minimum Gasteiger partial charge on any atom is -0.416 e. The lowest BCUT2D eigenvalue weighted by Gasteiger charge is -1.98. The van der Waals surface area contributed by atoms with Gasteiger partial charge >= 0.3 is 6.08 Å². The lowest BCUT2D eigenvalue weighted by Crippen LogP contribution is -1.83. The third kappa shape index (κ3) is 2.11. The summed E-state index contributed by atoms with van der Waals surface area (Å²) in [5.41, 5.74) is 0. The molecule has 5 heteroatoms. The molecule has 1 aromatic carbocycles. The molecule has 2 aromatic rings. The topological polar surface area (TPSA) is 35.3 Å². The van der Waals surface area contributed by atoms with Gasteiger partial charge in [-0.2, -0.15) is 4.98 Å². The highest BCUT2D eigenvalue weighted by Crippen LogP contribution is 2.22. The molecule has 0 fully saturated rings. The number of benzene rings is 1. The van der Waals surface area contributed by atoms with Crippen molar-refractivity contribution in [3.8, 4) is 11.8 Å². The number of halogens is 2. The predicted molar refractivity (Wildman–Crippen MR) is 50.7 cm³/mol. The number of nitrogens with zero attached hydrogens (tertiary/aromatic N) is 1. The van der Waals surface area contributed by atoms with Crippen LogP contribution in [0.4, 0.5) is 4.39 Å². The summed E-state index contributed by atoms with van der Waals surface area (Å²) in [4.78, 5) is 3.86. The molecule has 0 aliphatic rings. The summed E-state index contributed by atoms with van der Waals surface area (Å²) in [6.07, 6.45) is 1.52. The van der Waals surface area contributed by atoms with Crippen molar-refractivity contribution in [2.75, 3.05) is 0 Å². The SMILES string of the molecule is Fc1ccc(Oc2nc(Br)co2)cc1. The van der Waals surface area contributed by atoms with Crippen LogP contribution in [0.1, 0.15) is 0 Å². The third-order valence-corrected chi connectivity index (χ3v) is 1.84. The average Bonchev–Trinajstić information content (AvgIpc) is 2.56. The minimum absolute atomic E-state index is 0.114. The summed E-state index contributed by atoms with van der Waals surface area (Å²) >= 11 is 3.11. The van der Waals surface area contributed by atoms with E-state index in [1.807, 2.05) is 0 Å². The van der Waals surface area contributed by atoms with Crippen molar-refractivity contribution in [2.24, 2.45) is 0 Å². The van der Waals surface area contributed by atoms with Crippen LogP contribution in [0, 0.1) is 5.82 Å². The minimum atomic E-state index is -0.314. The normalized spacial score (nSPS) is 10.1. The fraction of sp³-hybridized carbons (Fsp3) is 0. The van der Waals surface area contributed by atoms with Gasteiger partial charge in [0, 0.05) is 0 Å². The van der Waals surface area contributed by atoms with E-state index in [0.717, 1.165) is 0 Å². The first-order valence-electron chi connectivity index (χ1n) is 3.78. The Morgan fingerprint density at radius 1 is 1.29 bits per heavy atom. The fourth-order valence-electron chi connectivity index (χ4n) is 0.889. The number of oxazole rings is 1. The molecule has 0 radical (unpaired) electrons. The van der Waals surface area contributed by atoms with Crippen LogP contribution in [0.5, 0.6) is 11.8 Å². The Bertz CT molecular complexity index is 427. The van der Waals surface area contributed by atoms with E-state index in [-0.39, 0.29) is 11.9 Å². The Hall–Kier alpha value is -1.36. The molecule has 0 atom stereocenters. The van der Waals surface area contributed by atoms with Crippen LogP contribution in [-0.4, -0.2) is 4.98 Å². The maximum Gasteiger partial charge on any atom is 0.400 e. The highest BCUT2D eigenvalue weighted by atomic mass is 79.9. The zero-order chi connectivity index (χ0) is 9.97. The molecule has 0 aliphatic carbocycles. The zero-order valence-electron chi connectivity index (χ0n) is 6.91. The molecule has 1 heterocycles. The molecule has 0 unspecified atom stereocenters. The smallest absolute Gasteiger partial charge is 0.400 e. The van der Waals surface area contributed by atoms with Crippen LogP contribution >= 0.6 is 15.9 Å². The molecule has 2 rings (SSSR count). The quantitative estimate of drug-likeness (QED) is 0.828. The zero-order valence-corrected chi connectivity index (χ0v) is 8.49. The van der Waals surface area contributed by atoms with Gasteiger partial charge in [0.15, 0.2) is 0 Å². The van der Waals surface area contributed by atoms with Gasteiger partial charge < -0.3 is 9.15 Å². The van der Waals surface area contributed by atoms with Gasteiger partial charge in [-0.25, -0.2) is 4.39 Å². The van der Waals surface area contributed by atoms with Gasteiger partial charge in [0.2, 0.25) is 0 Å². The Labute approximate surface area is 87.6 Å². The second-order valence-corrected chi connectivity index (χ2v) is 3.30. The van der Waals surface area contributed by atoms with E-state index in [9.17, 15) is 4.39 Å². The Morgan fingerprint density at radius 2 is 2.00 bits per heavy atom. The molecule has 72 valence electrons. The van der Waals surface area contributed by atoms with Crippen molar-refractivity contribution < 1.29 is 13.5 Å². The predicted octanol–water partition coefficient (Wildman–Crippen LogP) is 3.37. The lowest BCUT2D eigenvalue weighted by molar-refractivity contribution is 0.330. The van der Waals surface area contributed by atoms with E-state index in [2.05, 4.69) is 20.9 Å². The van der Waals surface area contributed by atoms with E-state index in [1.54, 1.807) is 0 Å². The van der Waals surface area contributed by atoms with Crippen LogP contribution in [0.15, 0.2) is 39.5 Å². The second kappa shape index (κ2) is 3.79. The first kappa shape index (κ1) is 9.21. The van der Waals surface area contributed by atoms with Gasteiger partial charge in [0.05, 0.1) is 0 Å². The van der Waals surface area contributed by atoms with Crippen molar-refractivity contribution in [3.05, 3.63) is 40.9 Å². The van der Waals surface area contributed by atoms with Gasteiger partial charge in [0.25, 0.3) is 0 Å². The Morgan fingerprint density at radius 3 is 2.57 bits per heavy atom. The Kier molecular flexibility index (Phi) is 2.49. The lowest BCUT2D eigenvalue weighted by atomic mass is 10.3. The first-order chi connectivity index (χ1) is 6.74. The van der Waals surface area contributed by atoms with E-state index < -0.39 is 0 Å². The molecule has 0 saturated carbocycles. The molecule has 0 bridgehead atoms. The van der Waals surface area contributed by atoms with Gasteiger partial charge in [0.1, 0.15) is 22.4 Å². The van der Waals surface area contributed by atoms with Crippen molar-refractivity contribution in [3.63, 3.8) is 0 Å². The summed E-state index contributed by atoms with van der Waals surface area (Å²) in [5.74, 6) is 0.159. The highest BCUT2D eigenvalue weighted by Gasteiger charge is 2.03. The van der Waals surface area contributed by atoms with Crippen LogP contribution in [-0.2, 0) is 0 Å². The summed E-state index contributed by atoms with van der Waals surface area (Å²) in [6.45, 7) is 0. The fourth-order valence-corrected chi connectivity index (χ4v) is 1.13. The number of ether oxygens (including phenoxy) is 1. The molecule has 0 aliphatic heterocycles. The molecule has 0 saturated heterocycles. The van der Waals surface area contributed by atoms with Crippen molar-refractivity contribution in [1.29, 1.82) is 0 Å². The largest absolute Gasteiger partial charge is 0.416 e. The van der Waals surface area contributed by atoms with E-state index in [4.69, 9.17) is 9.15 Å². The third-order valence-electron chi connectivity index (χ3n) is 1.47. The summed E-state index contributed by atoms with van der Waals surface area (Å²) in [7, 11) is 0. The summed E-state index contributed by atoms with van der Waals surface area (Å²) < 4.78 is 23.2. The number of rotatable bonds is 2. The maximum absolute atomic E-state index is 12.5. The van der Waals surface area contributed by atoms with Gasteiger partial charge in [-0.05, 0) is 40.2 Å². The van der Waals surface area contributed by atoms with Gasteiger partial charge in [-0.3, -0.25) is 0 Å².